The molecular weight excluding hydrogens is 240 g/mol. The summed E-state index contributed by atoms with van der Waals surface area (Å²) in [6, 6.07) is 8.00. The van der Waals surface area contributed by atoms with Crippen LogP contribution in [0.2, 0.25) is 0 Å². The highest BCUT2D eigenvalue weighted by Gasteiger charge is 2.29. The van der Waals surface area contributed by atoms with Gasteiger partial charge in [0.25, 0.3) is 5.91 Å². The molecule has 19 heavy (non-hydrogen) atoms. The van der Waals surface area contributed by atoms with Crippen molar-refractivity contribution >= 4 is 17.3 Å². The number of nitrogens with zero attached hydrogens (tertiary/aromatic N) is 2. The second-order valence-electron chi connectivity index (χ2n) is 4.92. The lowest BCUT2D eigenvalue weighted by atomic mass is 10.1. The van der Waals surface area contributed by atoms with Crippen LogP contribution in [0.4, 0.5) is 11.4 Å². The zero-order chi connectivity index (χ0) is 13.8. The van der Waals surface area contributed by atoms with E-state index in [0.29, 0.717) is 0 Å². The van der Waals surface area contributed by atoms with Gasteiger partial charge in [-0.05, 0) is 18.6 Å². The van der Waals surface area contributed by atoms with E-state index in [1.165, 1.54) is 5.69 Å². The number of benzene rings is 1. The first kappa shape index (κ1) is 13.7. The van der Waals surface area contributed by atoms with Crippen molar-refractivity contribution in [2.24, 2.45) is 5.84 Å². The van der Waals surface area contributed by atoms with Gasteiger partial charge in [-0.1, -0.05) is 25.5 Å². The molecule has 0 aromatic heterocycles. The van der Waals surface area contributed by atoms with Gasteiger partial charge in [0.15, 0.2) is 0 Å². The van der Waals surface area contributed by atoms with Gasteiger partial charge in [0.2, 0.25) is 0 Å². The highest BCUT2D eigenvalue weighted by Crippen LogP contribution is 2.33. The number of fused-ring (bicyclic) bond motifs is 1. The minimum Gasteiger partial charge on any atom is -0.371 e. The van der Waals surface area contributed by atoms with Crippen molar-refractivity contribution in [3.05, 3.63) is 24.3 Å². The van der Waals surface area contributed by atoms with Gasteiger partial charge in [0, 0.05) is 20.1 Å². The molecule has 1 atom stereocenters. The second kappa shape index (κ2) is 5.93. The Balaban J connectivity index is 2.34. The number of rotatable bonds is 4. The molecule has 1 unspecified atom stereocenters. The maximum absolute atomic E-state index is 12.0. The fraction of sp³-hybridized carbons (Fsp3) is 0.500. The van der Waals surface area contributed by atoms with Gasteiger partial charge in [0.1, 0.15) is 6.04 Å². The first-order valence-corrected chi connectivity index (χ1v) is 6.76. The molecule has 0 radical (unpaired) electrons. The van der Waals surface area contributed by atoms with Gasteiger partial charge in [-0.2, -0.15) is 0 Å². The van der Waals surface area contributed by atoms with E-state index in [9.17, 15) is 4.79 Å². The molecule has 1 aromatic carbocycles. The van der Waals surface area contributed by atoms with Gasteiger partial charge in [-0.3, -0.25) is 10.2 Å². The van der Waals surface area contributed by atoms with Gasteiger partial charge < -0.3 is 9.80 Å². The third-order valence-corrected chi connectivity index (χ3v) is 3.66. The number of amides is 1. The Kier molecular flexibility index (Phi) is 4.27. The molecule has 1 aliphatic rings. The van der Waals surface area contributed by atoms with E-state index in [4.69, 9.17) is 5.84 Å². The fourth-order valence-corrected chi connectivity index (χ4v) is 2.65. The summed E-state index contributed by atoms with van der Waals surface area (Å²) in [6.07, 6.45) is 1.76. The number of hydrogen-bond acceptors (Lipinski definition) is 4. The Morgan fingerprint density at radius 1 is 1.37 bits per heavy atom. The normalized spacial score (nSPS) is 15.9. The van der Waals surface area contributed by atoms with Crippen LogP contribution in [0.15, 0.2) is 24.3 Å². The molecule has 1 heterocycles. The van der Waals surface area contributed by atoms with Gasteiger partial charge in [-0.15, -0.1) is 0 Å². The van der Waals surface area contributed by atoms with Crippen LogP contribution in [0.1, 0.15) is 19.8 Å². The Morgan fingerprint density at radius 2 is 2.05 bits per heavy atom. The Bertz CT molecular complexity index is 449. The van der Waals surface area contributed by atoms with Crippen LogP contribution in [-0.2, 0) is 4.79 Å². The van der Waals surface area contributed by atoms with Crippen molar-refractivity contribution in [2.45, 2.75) is 25.8 Å². The number of nitrogens with one attached hydrogen (secondary N) is 1. The molecule has 5 heteroatoms. The summed E-state index contributed by atoms with van der Waals surface area (Å²) in [5.41, 5.74) is 4.57. The van der Waals surface area contributed by atoms with E-state index in [2.05, 4.69) is 41.3 Å². The number of hydrazine groups is 1. The van der Waals surface area contributed by atoms with Gasteiger partial charge in [-0.25, -0.2) is 5.84 Å². The number of anilines is 2. The standard InChI is InChI=1S/C14H22N4O/c1-3-6-13(14(19)16-15)18-10-9-17(2)11-7-4-5-8-12(11)18/h4-5,7-8,13H,3,6,9-10,15H2,1-2H3,(H,16,19). The van der Waals surface area contributed by atoms with Crippen LogP contribution in [0, 0.1) is 0 Å². The van der Waals surface area contributed by atoms with Crippen molar-refractivity contribution in [3.8, 4) is 0 Å². The Labute approximate surface area is 114 Å². The molecule has 5 nitrogen and oxygen atoms in total. The number of hydrogen-bond donors (Lipinski definition) is 2. The molecule has 0 aliphatic carbocycles. The summed E-state index contributed by atoms with van der Waals surface area (Å²) in [5.74, 6) is 5.21. The molecule has 0 fully saturated rings. The van der Waals surface area contributed by atoms with E-state index in [-0.39, 0.29) is 11.9 Å². The summed E-state index contributed by atoms with van der Waals surface area (Å²) in [7, 11) is 2.08. The Hall–Kier alpha value is -1.75. The average Bonchev–Trinajstić information content (AvgIpc) is 2.45. The van der Waals surface area contributed by atoms with E-state index in [0.717, 1.165) is 31.6 Å². The molecule has 104 valence electrons. The van der Waals surface area contributed by atoms with E-state index >= 15 is 0 Å². The van der Waals surface area contributed by atoms with Crippen molar-refractivity contribution in [1.29, 1.82) is 0 Å². The first-order valence-electron chi connectivity index (χ1n) is 6.76. The molecule has 3 N–H and O–H groups in total. The molecule has 0 bridgehead atoms. The summed E-state index contributed by atoms with van der Waals surface area (Å²) in [4.78, 5) is 16.4. The van der Waals surface area contributed by atoms with Crippen LogP contribution in [0.3, 0.4) is 0 Å². The lowest BCUT2D eigenvalue weighted by molar-refractivity contribution is -0.122. The molecular formula is C14H22N4O. The monoisotopic (exact) mass is 262 g/mol. The van der Waals surface area contributed by atoms with Crippen molar-refractivity contribution in [2.75, 3.05) is 29.9 Å². The highest BCUT2D eigenvalue weighted by molar-refractivity contribution is 5.87. The molecule has 0 saturated heterocycles. The molecule has 1 aromatic rings. The van der Waals surface area contributed by atoms with Gasteiger partial charge >= 0.3 is 0 Å². The van der Waals surface area contributed by atoms with Crippen molar-refractivity contribution in [1.82, 2.24) is 5.43 Å². The SMILES string of the molecule is CCCC(C(=O)NN)N1CCN(C)c2ccccc21. The maximum Gasteiger partial charge on any atom is 0.256 e. The minimum absolute atomic E-state index is 0.110. The summed E-state index contributed by atoms with van der Waals surface area (Å²) in [6.45, 7) is 3.83. The maximum atomic E-state index is 12.0. The van der Waals surface area contributed by atoms with Gasteiger partial charge in [0.05, 0.1) is 11.4 Å². The zero-order valence-electron chi connectivity index (χ0n) is 11.6. The van der Waals surface area contributed by atoms with Crippen molar-refractivity contribution in [3.63, 3.8) is 0 Å². The highest BCUT2D eigenvalue weighted by atomic mass is 16.2. The van der Waals surface area contributed by atoms with Crippen LogP contribution < -0.4 is 21.1 Å². The second-order valence-corrected chi connectivity index (χ2v) is 4.92. The summed E-state index contributed by atoms with van der Waals surface area (Å²) in [5, 5.41) is 0. The quantitative estimate of drug-likeness (QED) is 0.484. The lowest BCUT2D eigenvalue weighted by Crippen LogP contribution is -2.53. The predicted octanol–water partition coefficient (Wildman–Crippen LogP) is 1.10. The largest absolute Gasteiger partial charge is 0.371 e. The molecule has 0 spiro atoms. The molecule has 1 amide bonds. The first-order chi connectivity index (χ1) is 9.19. The molecule has 0 saturated carbocycles. The molecule has 2 rings (SSSR count). The van der Waals surface area contributed by atoms with Crippen molar-refractivity contribution < 1.29 is 4.79 Å². The molecule has 1 aliphatic heterocycles. The fourth-order valence-electron chi connectivity index (χ4n) is 2.65. The summed E-state index contributed by atoms with van der Waals surface area (Å²) < 4.78 is 0. The third kappa shape index (κ3) is 2.66. The van der Waals surface area contributed by atoms with Crippen LogP contribution in [0.5, 0.6) is 0 Å². The number of carbonyl (C=O) groups is 1. The number of carbonyl (C=O) groups excluding carboxylic acids is 1. The van der Waals surface area contributed by atoms with E-state index in [1.807, 2.05) is 12.1 Å². The van der Waals surface area contributed by atoms with E-state index in [1.54, 1.807) is 0 Å². The number of nitrogens with two attached hydrogens (primary N) is 1. The van der Waals surface area contributed by atoms with Crippen LogP contribution >= 0.6 is 0 Å². The zero-order valence-corrected chi connectivity index (χ0v) is 11.6. The predicted molar refractivity (Wildman–Crippen MR) is 78.1 cm³/mol. The number of likely N-dealkylation sites (N-methyl/N-ethyl adjacent to an activating group) is 1. The van der Waals surface area contributed by atoms with E-state index < -0.39 is 0 Å². The number of para-hydroxylation sites is 2. The Morgan fingerprint density at radius 3 is 2.68 bits per heavy atom. The third-order valence-electron chi connectivity index (χ3n) is 3.66. The van der Waals surface area contributed by atoms with Crippen LogP contribution in [-0.4, -0.2) is 32.1 Å². The minimum atomic E-state index is -0.190. The topological polar surface area (TPSA) is 61.6 Å². The lowest BCUT2D eigenvalue weighted by Gasteiger charge is -2.40. The average molecular weight is 262 g/mol. The smallest absolute Gasteiger partial charge is 0.256 e. The summed E-state index contributed by atoms with van der Waals surface area (Å²) >= 11 is 0. The van der Waals surface area contributed by atoms with Crippen LogP contribution in [0.25, 0.3) is 0 Å².